The first-order valence-corrected chi connectivity index (χ1v) is 5.87. The van der Waals surface area contributed by atoms with Crippen molar-refractivity contribution in [2.45, 2.75) is 18.7 Å². The number of hydrogen-bond acceptors (Lipinski definition) is 4. The summed E-state index contributed by atoms with van der Waals surface area (Å²) in [7, 11) is 0. The maximum atomic E-state index is 13.2. The van der Waals surface area contributed by atoms with Crippen LogP contribution >= 0.6 is 0 Å². The molecule has 0 spiro atoms. The van der Waals surface area contributed by atoms with Gasteiger partial charge in [-0.2, -0.15) is 13.2 Å². The Balaban J connectivity index is 2.14. The summed E-state index contributed by atoms with van der Waals surface area (Å²) in [6.45, 7) is -0.244. The van der Waals surface area contributed by atoms with Gasteiger partial charge in [0.2, 0.25) is 0 Å². The van der Waals surface area contributed by atoms with Gasteiger partial charge in [-0.25, -0.2) is 18.7 Å². The number of fused-ring (bicyclic) bond motifs is 1. The van der Waals surface area contributed by atoms with Gasteiger partial charge in [-0.15, -0.1) is 0 Å². The Morgan fingerprint density at radius 3 is 2.48 bits per heavy atom. The molecule has 1 aromatic carbocycles. The summed E-state index contributed by atoms with van der Waals surface area (Å²) in [6, 6.07) is 1.72. The van der Waals surface area contributed by atoms with Crippen molar-refractivity contribution in [2.24, 2.45) is 0 Å². The summed E-state index contributed by atoms with van der Waals surface area (Å²) in [5, 5.41) is 11.5. The van der Waals surface area contributed by atoms with E-state index in [2.05, 4.69) is 15.3 Å². The molecule has 0 amide bonds. The molecular formula is C12H10F5N3O. The number of nitrogens with zero attached hydrogens (tertiary/aromatic N) is 2. The van der Waals surface area contributed by atoms with Gasteiger partial charge >= 0.3 is 6.18 Å². The smallest absolute Gasteiger partial charge is 0.384 e. The van der Waals surface area contributed by atoms with Gasteiger partial charge in [-0.1, -0.05) is 0 Å². The van der Waals surface area contributed by atoms with Crippen LogP contribution in [-0.4, -0.2) is 33.9 Å². The van der Waals surface area contributed by atoms with Crippen LogP contribution in [0.5, 0.6) is 0 Å². The third kappa shape index (κ3) is 3.54. The summed E-state index contributed by atoms with van der Waals surface area (Å²) in [4.78, 5) is 7.50. The van der Waals surface area contributed by atoms with Crippen molar-refractivity contribution >= 4 is 16.7 Å². The molecule has 0 saturated carbocycles. The zero-order chi connectivity index (χ0) is 15.6. The number of nitrogens with one attached hydrogen (secondary N) is 1. The van der Waals surface area contributed by atoms with E-state index in [1.807, 2.05) is 0 Å². The molecule has 0 aliphatic rings. The minimum absolute atomic E-state index is 0.0632. The number of aromatic nitrogens is 2. The van der Waals surface area contributed by atoms with Crippen molar-refractivity contribution in [3.05, 3.63) is 30.1 Å². The molecule has 114 valence electrons. The second-order valence-electron chi connectivity index (χ2n) is 4.28. The maximum absolute atomic E-state index is 13.2. The van der Waals surface area contributed by atoms with Crippen molar-refractivity contribution in [1.29, 1.82) is 0 Å². The second-order valence-corrected chi connectivity index (χ2v) is 4.28. The molecule has 9 heteroatoms. The van der Waals surface area contributed by atoms with Gasteiger partial charge in [-0.05, 0) is 12.5 Å². The fraction of sp³-hybridized carbons (Fsp3) is 0.333. The Kier molecular flexibility index (Phi) is 4.21. The normalized spacial score (nSPS) is 13.4. The van der Waals surface area contributed by atoms with Crippen molar-refractivity contribution in [2.75, 3.05) is 11.9 Å². The predicted molar refractivity (Wildman–Crippen MR) is 64.6 cm³/mol. The minimum atomic E-state index is -4.70. The lowest BCUT2D eigenvalue weighted by atomic mass is 10.2. The molecule has 0 bridgehead atoms. The molecule has 2 N–H and O–H groups in total. The second kappa shape index (κ2) is 5.76. The van der Waals surface area contributed by atoms with Crippen LogP contribution < -0.4 is 5.32 Å². The quantitative estimate of drug-likeness (QED) is 0.853. The van der Waals surface area contributed by atoms with Gasteiger partial charge in [0.25, 0.3) is 0 Å². The lowest BCUT2D eigenvalue weighted by molar-refractivity contribution is -0.204. The first kappa shape index (κ1) is 15.4. The molecule has 1 aromatic heterocycles. The summed E-state index contributed by atoms with van der Waals surface area (Å²) < 4.78 is 62.6. The molecule has 0 aliphatic heterocycles. The van der Waals surface area contributed by atoms with Crippen molar-refractivity contribution in [3.63, 3.8) is 0 Å². The summed E-state index contributed by atoms with van der Waals surface area (Å²) in [5.74, 6) is -2.14. The number of hydrogen-bond donors (Lipinski definition) is 2. The molecule has 0 saturated heterocycles. The first-order chi connectivity index (χ1) is 9.79. The predicted octanol–water partition coefficient (Wildman–Crippen LogP) is 2.63. The number of anilines is 1. The Labute approximate surface area is 115 Å². The molecule has 1 unspecified atom stereocenters. The van der Waals surface area contributed by atoms with Gasteiger partial charge in [0, 0.05) is 18.0 Å². The summed E-state index contributed by atoms with van der Waals surface area (Å²) >= 11 is 0. The largest absolute Gasteiger partial charge is 0.414 e. The molecular weight excluding hydrogens is 297 g/mol. The van der Waals surface area contributed by atoms with Crippen LogP contribution in [-0.2, 0) is 0 Å². The Morgan fingerprint density at radius 2 is 1.81 bits per heavy atom. The molecule has 2 rings (SSSR count). The summed E-state index contributed by atoms with van der Waals surface area (Å²) in [5.41, 5.74) is 0.114. The highest BCUT2D eigenvalue weighted by molar-refractivity contribution is 5.88. The van der Waals surface area contributed by atoms with Crippen LogP contribution in [0.25, 0.3) is 10.9 Å². The highest BCUT2D eigenvalue weighted by atomic mass is 19.4. The van der Waals surface area contributed by atoms with E-state index in [1.54, 1.807) is 0 Å². The number of benzene rings is 1. The van der Waals surface area contributed by atoms with E-state index < -0.39 is 30.3 Å². The van der Waals surface area contributed by atoms with E-state index >= 15 is 0 Å². The van der Waals surface area contributed by atoms with Crippen molar-refractivity contribution < 1.29 is 27.1 Å². The molecule has 1 heterocycles. The van der Waals surface area contributed by atoms with Crippen LogP contribution in [0, 0.1) is 11.6 Å². The maximum Gasteiger partial charge on any atom is 0.414 e. The molecule has 0 radical (unpaired) electrons. The Bertz CT molecular complexity index is 647. The van der Waals surface area contributed by atoms with E-state index in [9.17, 15) is 22.0 Å². The van der Waals surface area contributed by atoms with Gasteiger partial charge in [0.15, 0.2) is 17.7 Å². The van der Waals surface area contributed by atoms with E-state index in [4.69, 9.17) is 5.11 Å². The van der Waals surface area contributed by atoms with Crippen LogP contribution in [0.3, 0.4) is 0 Å². The SMILES string of the molecule is OC(CCNc1ncnc2cc(F)c(F)cc12)C(F)(F)F. The third-order valence-corrected chi connectivity index (χ3v) is 2.77. The van der Waals surface area contributed by atoms with Crippen LogP contribution in [0.1, 0.15) is 6.42 Å². The monoisotopic (exact) mass is 307 g/mol. The van der Waals surface area contributed by atoms with Crippen molar-refractivity contribution in [3.8, 4) is 0 Å². The zero-order valence-electron chi connectivity index (χ0n) is 10.5. The molecule has 2 aromatic rings. The van der Waals surface area contributed by atoms with E-state index in [-0.39, 0.29) is 23.3 Å². The highest BCUT2D eigenvalue weighted by Gasteiger charge is 2.37. The van der Waals surface area contributed by atoms with E-state index in [0.29, 0.717) is 0 Å². The first-order valence-electron chi connectivity index (χ1n) is 5.87. The number of halogens is 5. The zero-order valence-corrected chi connectivity index (χ0v) is 10.5. The van der Waals surface area contributed by atoms with Gasteiger partial charge < -0.3 is 10.4 Å². The Hall–Kier alpha value is -2.03. The average Bonchev–Trinajstić information content (AvgIpc) is 2.39. The molecule has 4 nitrogen and oxygen atoms in total. The number of aliphatic hydroxyl groups excluding tert-OH is 1. The van der Waals surface area contributed by atoms with Crippen LogP contribution in [0.2, 0.25) is 0 Å². The molecule has 21 heavy (non-hydrogen) atoms. The van der Waals surface area contributed by atoms with Gasteiger partial charge in [0.1, 0.15) is 12.1 Å². The third-order valence-electron chi connectivity index (χ3n) is 2.77. The Morgan fingerprint density at radius 1 is 1.14 bits per heavy atom. The number of rotatable bonds is 4. The van der Waals surface area contributed by atoms with Gasteiger partial charge in [0.05, 0.1) is 5.52 Å². The van der Waals surface area contributed by atoms with Gasteiger partial charge in [-0.3, -0.25) is 0 Å². The fourth-order valence-electron chi connectivity index (χ4n) is 1.68. The van der Waals surface area contributed by atoms with Crippen molar-refractivity contribution in [1.82, 2.24) is 9.97 Å². The molecule has 0 fully saturated rings. The average molecular weight is 307 g/mol. The fourth-order valence-corrected chi connectivity index (χ4v) is 1.68. The molecule has 1 atom stereocenters. The number of aliphatic hydroxyl groups is 1. The lowest BCUT2D eigenvalue weighted by Gasteiger charge is -2.15. The molecule has 0 aliphatic carbocycles. The van der Waals surface area contributed by atoms with E-state index in [1.165, 1.54) is 0 Å². The van der Waals surface area contributed by atoms with E-state index in [0.717, 1.165) is 18.5 Å². The van der Waals surface area contributed by atoms with Crippen LogP contribution in [0.15, 0.2) is 18.5 Å². The topological polar surface area (TPSA) is 58.0 Å². The highest BCUT2D eigenvalue weighted by Crippen LogP contribution is 2.24. The van der Waals surface area contributed by atoms with Crippen LogP contribution in [0.4, 0.5) is 27.8 Å². The minimum Gasteiger partial charge on any atom is -0.384 e. The lowest BCUT2D eigenvalue weighted by Crippen LogP contribution is -2.30. The summed E-state index contributed by atoms with van der Waals surface area (Å²) in [6.07, 6.45) is -6.70. The number of alkyl halides is 3. The standard InChI is InChI=1S/C12H10F5N3O/c13-7-3-6-9(4-8(7)14)19-5-20-11(6)18-2-1-10(21)12(15,16)17/h3-5,10,21H,1-2H2,(H,18,19,20).